The number of amides is 1. The molecule has 1 heterocycles. The number of carbonyl (C=O) groups excluding carboxylic acids is 1. The molecule has 1 aliphatic heterocycles. The van der Waals surface area contributed by atoms with Gasteiger partial charge in [-0.05, 0) is 20.8 Å². The first kappa shape index (κ1) is 10.5. The second kappa shape index (κ2) is 3.27. The summed E-state index contributed by atoms with van der Waals surface area (Å²) in [6, 6.07) is 0. The predicted octanol–water partition coefficient (Wildman–Crippen LogP) is 0.573. The van der Waals surface area contributed by atoms with Gasteiger partial charge in [-0.25, -0.2) is 10.0 Å². The molecule has 0 aliphatic carbocycles. The van der Waals surface area contributed by atoms with E-state index >= 15 is 0 Å². The summed E-state index contributed by atoms with van der Waals surface area (Å²) in [5.74, 6) is -0.0973. The maximum atomic E-state index is 11.2. The van der Waals surface area contributed by atoms with Crippen LogP contribution in [0.3, 0.4) is 0 Å². The van der Waals surface area contributed by atoms with Crippen LogP contribution < -0.4 is 0 Å². The third-order valence-corrected chi connectivity index (χ3v) is 2.24. The Morgan fingerprint density at radius 2 is 2.00 bits per heavy atom. The fourth-order valence-electron chi connectivity index (χ4n) is 1.67. The minimum absolute atomic E-state index is 0.0973. The van der Waals surface area contributed by atoms with Crippen LogP contribution in [-0.4, -0.2) is 39.3 Å². The summed E-state index contributed by atoms with van der Waals surface area (Å²) in [6.45, 7) is 8.31. The van der Waals surface area contributed by atoms with Gasteiger partial charge in [-0.15, -0.1) is 0 Å². The van der Waals surface area contributed by atoms with E-state index in [0.717, 1.165) is 6.54 Å². The van der Waals surface area contributed by atoms with Gasteiger partial charge in [-0.2, -0.15) is 0 Å². The van der Waals surface area contributed by atoms with Crippen LogP contribution in [0, 0.1) is 0 Å². The molecular weight excluding hydrogens is 168 g/mol. The lowest BCUT2D eigenvalue weighted by molar-refractivity contribution is -0.168. The molecule has 13 heavy (non-hydrogen) atoms. The molecular formula is C9H18N2O2. The molecule has 0 aromatic carbocycles. The topological polar surface area (TPSA) is 43.8 Å². The summed E-state index contributed by atoms with van der Waals surface area (Å²) in [7, 11) is 0. The average molecular weight is 186 g/mol. The van der Waals surface area contributed by atoms with Crippen molar-refractivity contribution < 1.29 is 9.90 Å². The minimum Gasteiger partial charge on any atom is -0.372 e. The lowest BCUT2D eigenvalue weighted by Gasteiger charge is -2.38. The fraction of sp³-hybridized carbons (Fsp3) is 0.889. The molecule has 4 nitrogen and oxygen atoms in total. The predicted molar refractivity (Wildman–Crippen MR) is 49.6 cm³/mol. The van der Waals surface area contributed by atoms with Gasteiger partial charge < -0.3 is 5.11 Å². The highest BCUT2D eigenvalue weighted by molar-refractivity contribution is 5.73. The first-order valence-corrected chi connectivity index (χ1v) is 4.59. The molecule has 1 atom stereocenters. The maximum absolute atomic E-state index is 11.2. The molecule has 1 amide bonds. The number of rotatable bonds is 0. The van der Waals surface area contributed by atoms with Gasteiger partial charge in [0, 0.05) is 25.4 Å². The standard InChI is InChI=1S/C9H18N2O2/c1-7(12)11-8(13)5-6-10(11)9(2,3)4/h8,13H,5-6H2,1-4H3. The highest BCUT2D eigenvalue weighted by Gasteiger charge is 2.38. The number of aliphatic hydroxyl groups excluding tert-OH is 1. The third kappa shape index (κ3) is 2.00. The van der Waals surface area contributed by atoms with Crippen molar-refractivity contribution in [3.8, 4) is 0 Å². The van der Waals surface area contributed by atoms with Crippen LogP contribution in [0.25, 0.3) is 0 Å². The largest absolute Gasteiger partial charge is 0.372 e. The Labute approximate surface area is 79.1 Å². The molecule has 1 unspecified atom stereocenters. The Bertz CT molecular complexity index is 210. The lowest BCUT2D eigenvalue weighted by atomic mass is 10.1. The quantitative estimate of drug-likeness (QED) is 0.601. The zero-order valence-corrected chi connectivity index (χ0v) is 8.74. The van der Waals surface area contributed by atoms with E-state index in [1.165, 1.54) is 11.9 Å². The Kier molecular flexibility index (Phi) is 2.63. The molecule has 4 heteroatoms. The van der Waals surface area contributed by atoms with Gasteiger partial charge in [0.05, 0.1) is 0 Å². The Morgan fingerprint density at radius 1 is 1.46 bits per heavy atom. The van der Waals surface area contributed by atoms with Crippen molar-refractivity contribution >= 4 is 5.91 Å². The van der Waals surface area contributed by atoms with Crippen LogP contribution in [0.1, 0.15) is 34.1 Å². The van der Waals surface area contributed by atoms with Crippen LogP contribution in [0.15, 0.2) is 0 Å². The van der Waals surface area contributed by atoms with Crippen molar-refractivity contribution in [2.75, 3.05) is 6.54 Å². The van der Waals surface area contributed by atoms with Crippen molar-refractivity contribution in [1.29, 1.82) is 0 Å². The van der Waals surface area contributed by atoms with E-state index < -0.39 is 6.23 Å². The number of nitrogens with zero attached hydrogens (tertiary/aromatic N) is 2. The van der Waals surface area contributed by atoms with E-state index in [2.05, 4.69) is 0 Å². The van der Waals surface area contributed by atoms with E-state index in [1.54, 1.807) is 0 Å². The maximum Gasteiger partial charge on any atom is 0.236 e. The molecule has 0 saturated carbocycles. The zero-order valence-electron chi connectivity index (χ0n) is 8.74. The highest BCUT2D eigenvalue weighted by Crippen LogP contribution is 2.25. The summed E-state index contributed by atoms with van der Waals surface area (Å²) in [4.78, 5) is 11.2. The normalized spacial score (nSPS) is 25.3. The molecule has 1 fully saturated rings. The van der Waals surface area contributed by atoms with Crippen molar-refractivity contribution in [2.45, 2.75) is 45.9 Å². The molecule has 76 valence electrons. The lowest BCUT2D eigenvalue weighted by Crippen LogP contribution is -2.52. The summed E-state index contributed by atoms with van der Waals surface area (Å²) < 4.78 is 0. The Balaban J connectivity index is 2.82. The van der Waals surface area contributed by atoms with Crippen LogP contribution in [0.4, 0.5) is 0 Å². The van der Waals surface area contributed by atoms with E-state index in [9.17, 15) is 9.90 Å². The molecule has 0 radical (unpaired) electrons. The number of carbonyl (C=O) groups is 1. The van der Waals surface area contributed by atoms with E-state index in [1.807, 2.05) is 25.8 Å². The molecule has 1 N–H and O–H groups in total. The number of aliphatic hydroxyl groups is 1. The van der Waals surface area contributed by atoms with Crippen molar-refractivity contribution in [3.05, 3.63) is 0 Å². The van der Waals surface area contributed by atoms with Gasteiger partial charge in [0.1, 0.15) is 6.23 Å². The van der Waals surface area contributed by atoms with Gasteiger partial charge in [0.2, 0.25) is 5.91 Å². The highest BCUT2D eigenvalue weighted by atomic mass is 16.3. The Hall–Kier alpha value is -0.610. The van der Waals surface area contributed by atoms with Gasteiger partial charge in [0.25, 0.3) is 0 Å². The molecule has 0 bridgehead atoms. The second-order valence-electron chi connectivity index (χ2n) is 4.43. The third-order valence-electron chi connectivity index (χ3n) is 2.24. The summed E-state index contributed by atoms with van der Waals surface area (Å²) >= 11 is 0. The van der Waals surface area contributed by atoms with Gasteiger partial charge >= 0.3 is 0 Å². The number of hydrogen-bond acceptors (Lipinski definition) is 3. The average Bonchev–Trinajstić information content (AvgIpc) is 2.28. The van der Waals surface area contributed by atoms with E-state index in [4.69, 9.17) is 0 Å². The molecule has 0 spiro atoms. The first-order chi connectivity index (χ1) is 5.84. The number of hydrazine groups is 1. The number of hydrogen-bond donors (Lipinski definition) is 1. The van der Waals surface area contributed by atoms with Crippen LogP contribution in [0.2, 0.25) is 0 Å². The first-order valence-electron chi connectivity index (χ1n) is 4.59. The van der Waals surface area contributed by atoms with Crippen molar-refractivity contribution in [3.63, 3.8) is 0 Å². The molecule has 1 aliphatic rings. The van der Waals surface area contributed by atoms with Crippen molar-refractivity contribution in [1.82, 2.24) is 10.0 Å². The van der Waals surface area contributed by atoms with Gasteiger partial charge in [-0.1, -0.05) is 0 Å². The minimum atomic E-state index is -0.642. The second-order valence-corrected chi connectivity index (χ2v) is 4.43. The SMILES string of the molecule is CC(=O)N1C(O)CCN1C(C)(C)C. The molecule has 0 aromatic heterocycles. The van der Waals surface area contributed by atoms with Crippen LogP contribution in [0.5, 0.6) is 0 Å². The van der Waals surface area contributed by atoms with Gasteiger partial charge in [-0.3, -0.25) is 4.79 Å². The van der Waals surface area contributed by atoms with Gasteiger partial charge in [0.15, 0.2) is 0 Å². The fourth-order valence-corrected chi connectivity index (χ4v) is 1.67. The summed E-state index contributed by atoms with van der Waals surface area (Å²) in [5.41, 5.74) is -0.108. The van der Waals surface area contributed by atoms with E-state index in [0.29, 0.717) is 6.42 Å². The zero-order chi connectivity index (χ0) is 10.2. The van der Waals surface area contributed by atoms with Crippen LogP contribution >= 0.6 is 0 Å². The van der Waals surface area contributed by atoms with Crippen molar-refractivity contribution in [2.24, 2.45) is 0 Å². The summed E-state index contributed by atoms with van der Waals surface area (Å²) in [5, 5.41) is 12.9. The summed E-state index contributed by atoms with van der Waals surface area (Å²) in [6.07, 6.45) is -0.00616. The molecule has 1 rings (SSSR count). The molecule has 1 saturated heterocycles. The Morgan fingerprint density at radius 3 is 2.31 bits per heavy atom. The molecule has 0 aromatic rings. The van der Waals surface area contributed by atoms with E-state index in [-0.39, 0.29) is 11.4 Å². The monoisotopic (exact) mass is 186 g/mol. The smallest absolute Gasteiger partial charge is 0.236 e. The van der Waals surface area contributed by atoms with Crippen LogP contribution in [-0.2, 0) is 4.79 Å².